The highest BCUT2D eigenvalue weighted by atomic mass is 16.5. The third kappa shape index (κ3) is 5.90. The molecule has 0 bridgehead atoms. The topological polar surface area (TPSA) is 77.1 Å². The molecule has 0 unspecified atom stereocenters. The predicted octanol–water partition coefficient (Wildman–Crippen LogP) is 3.09. The fourth-order valence-electron chi connectivity index (χ4n) is 2.71. The van der Waals surface area contributed by atoms with E-state index in [-0.39, 0.29) is 18.2 Å². The van der Waals surface area contributed by atoms with E-state index in [4.69, 9.17) is 14.2 Å². The maximum atomic E-state index is 12.2. The van der Waals surface area contributed by atoms with Crippen LogP contribution in [0.1, 0.15) is 18.9 Å². The van der Waals surface area contributed by atoms with Crippen LogP contribution in [0.15, 0.2) is 42.5 Å². The van der Waals surface area contributed by atoms with Gasteiger partial charge in [-0.1, -0.05) is 12.1 Å². The van der Waals surface area contributed by atoms with Crippen LogP contribution in [0.4, 0.5) is 5.69 Å². The third-order valence-corrected chi connectivity index (χ3v) is 4.23. The van der Waals surface area contributed by atoms with Crippen molar-refractivity contribution < 1.29 is 23.8 Å². The normalized spacial score (nSPS) is 10.1. The van der Waals surface area contributed by atoms with Gasteiger partial charge in [0.1, 0.15) is 5.75 Å². The van der Waals surface area contributed by atoms with Crippen LogP contribution in [0.2, 0.25) is 0 Å². The first kappa shape index (κ1) is 21.1. The molecular weight excluding hydrogens is 360 g/mol. The summed E-state index contributed by atoms with van der Waals surface area (Å²) in [6.45, 7) is 2.17. The lowest BCUT2D eigenvalue weighted by atomic mass is 10.1. The van der Waals surface area contributed by atoms with Gasteiger partial charge in [-0.15, -0.1) is 0 Å². The first-order chi connectivity index (χ1) is 13.5. The van der Waals surface area contributed by atoms with E-state index in [9.17, 15) is 9.59 Å². The monoisotopic (exact) mass is 386 g/mol. The highest BCUT2D eigenvalue weighted by Crippen LogP contribution is 2.28. The molecule has 0 aromatic heterocycles. The molecule has 0 aliphatic rings. The predicted molar refractivity (Wildman–Crippen MR) is 107 cm³/mol. The van der Waals surface area contributed by atoms with Crippen LogP contribution in [0, 0.1) is 0 Å². The minimum Gasteiger partial charge on any atom is -0.497 e. The van der Waals surface area contributed by atoms with E-state index in [2.05, 4.69) is 5.32 Å². The van der Waals surface area contributed by atoms with Gasteiger partial charge in [-0.05, 0) is 29.8 Å². The number of hydrogen-bond donors (Lipinski definition) is 1. The molecule has 0 atom stereocenters. The van der Waals surface area contributed by atoms with Crippen LogP contribution >= 0.6 is 0 Å². The van der Waals surface area contributed by atoms with E-state index in [0.29, 0.717) is 36.0 Å². The number of anilines is 1. The van der Waals surface area contributed by atoms with Crippen molar-refractivity contribution in [2.75, 3.05) is 33.2 Å². The van der Waals surface area contributed by atoms with E-state index >= 15 is 0 Å². The van der Waals surface area contributed by atoms with Gasteiger partial charge in [-0.25, -0.2) is 0 Å². The van der Waals surface area contributed by atoms with Gasteiger partial charge in [0.15, 0.2) is 11.5 Å². The Morgan fingerprint density at radius 3 is 2.36 bits per heavy atom. The average molecular weight is 386 g/mol. The summed E-state index contributed by atoms with van der Waals surface area (Å²) < 4.78 is 15.7. The Morgan fingerprint density at radius 2 is 1.71 bits per heavy atom. The summed E-state index contributed by atoms with van der Waals surface area (Å²) in [5.41, 5.74) is 1.54. The molecule has 0 saturated carbocycles. The molecule has 7 heteroatoms. The summed E-state index contributed by atoms with van der Waals surface area (Å²) in [7, 11) is 4.70. The highest BCUT2D eigenvalue weighted by molar-refractivity contribution is 5.91. The molecule has 0 fully saturated rings. The lowest BCUT2D eigenvalue weighted by Crippen LogP contribution is -2.31. The molecular formula is C21H26N2O5. The van der Waals surface area contributed by atoms with Crippen molar-refractivity contribution >= 4 is 17.5 Å². The number of benzene rings is 2. The Hall–Kier alpha value is -3.22. The molecule has 2 aromatic carbocycles. The molecule has 2 aromatic rings. The summed E-state index contributed by atoms with van der Waals surface area (Å²) >= 11 is 0. The molecule has 1 N–H and O–H groups in total. The molecule has 0 aliphatic carbocycles. The lowest BCUT2D eigenvalue weighted by Gasteiger charge is -2.21. The summed E-state index contributed by atoms with van der Waals surface area (Å²) in [6, 6.07) is 12.6. The van der Waals surface area contributed by atoms with Crippen LogP contribution in [-0.2, 0) is 16.1 Å². The van der Waals surface area contributed by atoms with Crippen molar-refractivity contribution in [2.45, 2.75) is 19.9 Å². The fraction of sp³-hybridized carbons (Fsp3) is 0.333. The molecule has 7 nitrogen and oxygen atoms in total. The van der Waals surface area contributed by atoms with Crippen molar-refractivity contribution in [3.63, 3.8) is 0 Å². The number of nitrogens with one attached hydrogen (secondary N) is 1. The van der Waals surface area contributed by atoms with Gasteiger partial charge in [-0.2, -0.15) is 0 Å². The molecule has 2 rings (SSSR count). The van der Waals surface area contributed by atoms with Gasteiger partial charge in [-0.3, -0.25) is 9.59 Å². The Morgan fingerprint density at radius 1 is 0.964 bits per heavy atom. The second-order valence-electron chi connectivity index (χ2n) is 6.16. The number of carbonyl (C=O) groups excluding carboxylic acids is 2. The average Bonchev–Trinajstić information content (AvgIpc) is 2.70. The number of ether oxygens (including phenoxy) is 3. The number of rotatable bonds is 9. The van der Waals surface area contributed by atoms with Crippen LogP contribution in [0.5, 0.6) is 17.2 Å². The minimum atomic E-state index is -0.174. The first-order valence-corrected chi connectivity index (χ1v) is 8.87. The van der Waals surface area contributed by atoms with Crippen molar-refractivity contribution in [3.8, 4) is 17.2 Å². The van der Waals surface area contributed by atoms with Gasteiger partial charge in [0.05, 0.1) is 21.3 Å². The van der Waals surface area contributed by atoms with Gasteiger partial charge < -0.3 is 24.4 Å². The van der Waals surface area contributed by atoms with Crippen molar-refractivity contribution in [3.05, 3.63) is 48.0 Å². The molecule has 0 saturated heterocycles. The largest absolute Gasteiger partial charge is 0.497 e. The Labute approximate surface area is 165 Å². The van der Waals surface area contributed by atoms with E-state index < -0.39 is 0 Å². The minimum absolute atomic E-state index is 0.107. The molecule has 0 heterocycles. The van der Waals surface area contributed by atoms with Gasteiger partial charge >= 0.3 is 0 Å². The second-order valence-corrected chi connectivity index (χ2v) is 6.16. The van der Waals surface area contributed by atoms with Crippen molar-refractivity contribution in [1.29, 1.82) is 0 Å². The number of amides is 2. The molecule has 28 heavy (non-hydrogen) atoms. The van der Waals surface area contributed by atoms with E-state index in [1.807, 2.05) is 12.1 Å². The SMILES string of the molecule is COc1cccc(NC(=O)CCN(Cc2ccc(OC)c(OC)c2)C(C)=O)c1. The number of hydrogen-bond acceptors (Lipinski definition) is 5. The zero-order chi connectivity index (χ0) is 20.5. The second kappa shape index (κ2) is 10.2. The van der Waals surface area contributed by atoms with Crippen LogP contribution < -0.4 is 19.5 Å². The van der Waals surface area contributed by atoms with Gasteiger partial charge in [0, 0.05) is 38.2 Å². The Balaban J connectivity index is 1.97. The number of carbonyl (C=O) groups is 2. The molecule has 0 spiro atoms. The molecule has 2 amide bonds. The number of nitrogens with zero attached hydrogens (tertiary/aromatic N) is 1. The van der Waals surface area contributed by atoms with E-state index in [0.717, 1.165) is 5.56 Å². The van der Waals surface area contributed by atoms with Gasteiger partial charge in [0.25, 0.3) is 0 Å². The maximum Gasteiger partial charge on any atom is 0.226 e. The Bertz CT molecular complexity index is 822. The number of methoxy groups -OCH3 is 3. The van der Waals surface area contributed by atoms with E-state index in [1.54, 1.807) is 56.6 Å². The maximum absolute atomic E-state index is 12.2. The van der Waals surface area contributed by atoms with E-state index in [1.165, 1.54) is 6.92 Å². The van der Waals surface area contributed by atoms with Crippen molar-refractivity contribution in [1.82, 2.24) is 4.90 Å². The summed E-state index contributed by atoms with van der Waals surface area (Å²) in [5.74, 6) is 1.60. The standard InChI is InChI=1S/C21H26N2O5/c1-15(24)23(14-16-8-9-19(27-3)20(12-16)28-4)11-10-21(25)22-17-6-5-7-18(13-17)26-2/h5-9,12-13H,10-11,14H2,1-4H3,(H,22,25). The zero-order valence-corrected chi connectivity index (χ0v) is 16.7. The summed E-state index contributed by atoms with van der Waals surface area (Å²) in [6.07, 6.45) is 0.185. The zero-order valence-electron chi connectivity index (χ0n) is 16.7. The van der Waals surface area contributed by atoms with Crippen molar-refractivity contribution in [2.24, 2.45) is 0 Å². The smallest absolute Gasteiger partial charge is 0.226 e. The summed E-state index contributed by atoms with van der Waals surface area (Å²) in [5, 5.41) is 2.81. The van der Waals surface area contributed by atoms with Crippen LogP contribution in [-0.4, -0.2) is 44.6 Å². The molecule has 0 radical (unpaired) electrons. The summed E-state index contributed by atoms with van der Waals surface area (Å²) in [4.78, 5) is 25.9. The lowest BCUT2D eigenvalue weighted by molar-refractivity contribution is -0.129. The first-order valence-electron chi connectivity index (χ1n) is 8.87. The quantitative estimate of drug-likeness (QED) is 0.717. The van der Waals surface area contributed by atoms with Crippen LogP contribution in [0.3, 0.4) is 0 Å². The Kier molecular flexibility index (Phi) is 7.68. The van der Waals surface area contributed by atoms with Crippen LogP contribution in [0.25, 0.3) is 0 Å². The fourth-order valence-corrected chi connectivity index (χ4v) is 2.71. The van der Waals surface area contributed by atoms with Gasteiger partial charge in [0.2, 0.25) is 11.8 Å². The third-order valence-electron chi connectivity index (χ3n) is 4.23. The molecule has 150 valence electrons. The highest BCUT2D eigenvalue weighted by Gasteiger charge is 2.14. The molecule has 0 aliphatic heterocycles.